The largest absolute Gasteiger partial charge is 0.444 e. The van der Waals surface area contributed by atoms with Gasteiger partial charge in [-0.3, -0.25) is 0 Å². The second-order valence-corrected chi connectivity index (χ2v) is 9.86. The second kappa shape index (κ2) is 7.63. The van der Waals surface area contributed by atoms with E-state index >= 15 is 0 Å². The van der Waals surface area contributed by atoms with Crippen molar-refractivity contribution in [3.05, 3.63) is 0 Å². The Morgan fingerprint density at radius 1 is 1.04 bits per heavy atom. The standard InChI is InChI=1S/C20H38N2O2/c1-19(2,3)15-9-7-8-10-16(15)21-13-17(14-11-12-14)22-18(23)24-20(4,5)6/h14-17,21H,7-13H2,1-6H3,(H,22,23). The van der Waals surface area contributed by atoms with Crippen LogP contribution in [0.2, 0.25) is 0 Å². The molecule has 2 aliphatic rings. The molecule has 3 unspecified atom stereocenters. The minimum atomic E-state index is -0.438. The van der Waals surface area contributed by atoms with Crippen LogP contribution < -0.4 is 10.6 Å². The van der Waals surface area contributed by atoms with Crippen molar-refractivity contribution in [1.29, 1.82) is 0 Å². The van der Waals surface area contributed by atoms with Gasteiger partial charge in [0.2, 0.25) is 0 Å². The Bertz CT molecular complexity index is 418. The summed E-state index contributed by atoms with van der Waals surface area (Å²) in [7, 11) is 0. The number of hydrogen-bond acceptors (Lipinski definition) is 3. The Hall–Kier alpha value is -0.770. The molecule has 3 atom stereocenters. The maximum absolute atomic E-state index is 12.1. The topological polar surface area (TPSA) is 50.4 Å². The van der Waals surface area contributed by atoms with Crippen LogP contribution in [0.4, 0.5) is 4.79 Å². The number of rotatable bonds is 5. The minimum absolute atomic E-state index is 0.197. The summed E-state index contributed by atoms with van der Waals surface area (Å²) in [5.41, 5.74) is -0.0991. The molecular formula is C20H38N2O2. The normalized spacial score (nSPS) is 26.8. The molecule has 2 fully saturated rings. The monoisotopic (exact) mass is 338 g/mol. The molecule has 0 spiro atoms. The number of alkyl carbamates (subject to hydrolysis) is 1. The maximum atomic E-state index is 12.1. The van der Waals surface area contributed by atoms with Crippen LogP contribution in [-0.2, 0) is 4.74 Å². The van der Waals surface area contributed by atoms with Crippen molar-refractivity contribution in [2.24, 2.45) is 17.3 Å². The van der Waals surface area contributed by atoms with Gasteiger partial charge in [-0.1, -0.05) is 33.6 Å². The lowest BCUT2D eigenvalue weighted by atomic mass is 9.69. The van der Waals surface area contributed by atoms with Gasteiger partial charge in [0.05, 0.1) is 0 Å². The average Bonchev–Trinajstić information content (AvgIpc) is 3.25. The van der Waals surface area contributed by atoms with E-state index in [0.717, 1.165) is 6.54 Å². The molecule has 0 aromatic heterocycles. The molecular weight excluding hydrogens is 300 g/mol. The quantitative estimate of drug-likeness (QED) is 0.777. The van der Waals surface area contributed by atoms with Crippen LogP contribution in [0.1, 0.15) is 80.1 Å². The van der Waals surface area contributed by atoms with Crippen LogP contribution in [0.25, 0.3) is 0 Å². The van der Waals surface area contributed by atoms with E-state index in [1.165, 1.54) is 38.5 Å². The molecule has 0 saturated heterocycles. The molecule has 4 heteroatoms. The zero-order valence-electron chi connectivity index (χ0n) is 16.6. The first kappa shape index (κ1) is 19.6. The SMILES string of the molecule is CC(C)(C)OC(=O)NC(CNC1CCCCC1C(C)(C)C)C1CC1. The third kappa shape index (κ3) is 6.27. The number of nitrogens with one attached hydrogen (secondary N) is 2. The first-order valence-electron chi connectivity index (χ1n) is 9.79. The molecule has 0 aromatic rings. The fourth-order valence-corrected chi connectivity index (χ4v) is 3.98. The summed E-state index contributed by atoms with van der Waals surface area (Å²) in [5, 5.41) is 6.90. The Morgan fingerprint density at radius 2 is 1.67 bits per heavy atom. The van der Waals surface area contributed by atoms with E-state index < -0.39 is 5.60 Å². The van der Waals surface area contributed by atoms with Crippen LogP contribution >= 0.6 is 0 Å². The van der Waals surface area contributed by atoms with Gasteiger partial charge in [0.1, 0.15) is 5.60 Å². The predicted octanol–water partition coefficient (Wildman–Crippen LogP) is 4.48. The summed E-state index contributed by atoms with van der Waals surface area (Å²) in [6, 6.07) is 0.767. The van der Waals surface area contributed by atoms with Gasteiger partial charge in [-0.25, -0.2) is 4.79 Å². The van der Waals surface area contributed by atoms with E-state index in [1.54, 1.807) is 0 Å². The van der Waals surface area contributed by atoms with Crippen molar-refractivity contribution in [3.8, 4) is 0 Å². The van der Waals surface area contributed by atoms with E-state index in [2.05, 4.69) is 31.4 Å². The third-order valence-corrected chi connectivity index (χ3v) is 5.37. The average molecular weight is 339 g/mol. The van der Waals surface area contributed by atoms with Crippen LogP contribution in [0.5, 0.6) is 0 Å². The summed E-state index contributed by atoms with van der Waals surface area (Å²) in [6.07, 6.45) is 7.39. The summed E-state index contributed by atoms with van der Waals surface area (Å²) in [5.74, 6) is 1.33. The van der Waals surface area contributed by atoms with Crippen molar-refractivity contribution in [3.63, 3.8) is 0 Å². The number of carbonyl (C=O) groups excluding carboxylic acids is 1. The Kier molecular flexibility index (Phi) is 6.22. The fraction of sp³-hybridized carbons (Fsp3) is 0.950. The molecule has 0 radical (unpaired) electrons. The molecule has 2 saturated carbocycles. The van der Waals surface area contributed by atoms with Gasteiger partial charge in [-0.05, 0) is 63.7 Å². The zero-order valence-corrected chi connectivity index (χ0v) is 16.6. The molecule has 0 aromatic carbocycles. The molecule has 2 N–H and O–H groups in total. The van der Waals surface area contributed by atoms with Gasteiger partial charge in [-0.15, -0.1) is 0 Å². The highest BCUT2D eigenvalue weighted by Gasteiger charge is 2.37. The third-order valence-electron chi connectivity index (χ3n) is 5.37. The first-order valence-corrected chi connectivity index (χ1v) is 9.79. The first-order chi connectivity index (χ1) is 11.1. The Balaban J connectivity index is 1.87. The van der Waals surface area contributed by atoms with Crippen molar-refractivity contribution >= 4 is 6.09 Å². The highest BCUT2D eigenvalue weighted by atomic mass is 16.6. The van der Waals surface area contributed by atoms with Gasteiger partial charge in [0, 0.05) is 18.6 Å². The molecule has 0 aliphatic heterocycles. The van der Waals surface area contributed by atoms with Crippen LogP contribution in [0.15, 0.2) is 0 Å². The van der Waals surface area contributed by atoms with E-state index in [-0.39, 0.29) is 12.1 Å². The predicted molar refractivity (Wildman–Crippen MR) is 99.1 cm³/mol. The molecule has 24 heavy (non-hydrogen) atoms. The van der Waals surface area contributed by atoms with Crippen molar-refractivity contribution < 1.29 is 9.53 Å². The van der Waals surface area contributed by atoms with E-state index in [1.807, 2.05) is 20.8 Å². The lowest BCUT2D eigenvalue weighted by Gasteiger charge is -2.41. The fourth-order valence-electron chi connectivity index (χ4n) is 3.98. The summed E-state index contributed by atoms with van der Waals surface area (Å²) >= 11 is 0. The number of carbonyl (C=O) groups is 1. The number of ether oxygens (including phenoxy) is 1. The lowest BCUT2D eigenvalue weighted by molar-refractivity contribution is 0.0492. The van der Waals surface area contributed by atoms with Crippen molar-refractivity contribution in [1.82, 2.24) is 10.6 Å². The second-order valence-electron chi connectivity index (χ2n) is 9.86. The lowest BCUT2D eigenvalue weighted by Crippen LogP contribution is -2.51. The molecule has 2 rings (SSSR count). The molecule has 1 amide bonds. The minimum Gasteiger partial charge on any atom is -0.444 e. The van der Waals surface area contributed by atoms with Crippen LogP contribution in [0, 0.1) is 17.3 Å². The molecule has 0 heterocycles. The highest BCUT2D eigenvalue weighted by Crippen LogP contribution is 2.38. The number of hydrogen-bond donors (Lipinski definition) is 2. The van der Waals surface area contributed by atoms with E-state index in [4.69, 9.17) is 4.74 Å². The van der Waals surface area contributed by atoms with Crippen LogP contribution in [-0.4, -0.2) is 30.3 Å². The Labute approximate surface area is 148 Å². The summed E-state index contributed by atoms with van der Waals surface area (Å²) in [6.45, 7) is 13.7. The highest BCUT2D eigenvalue weighted by molar-refractivity contribution is 5.68. The zero-order chi connectivity index (χ0) is 18.0. The molecule has 0 bridgehead atoms. The molecule has 140 valence electrons. The van der Waals surface area contributed by atoms with Gasteiger partial charge in [0.25, 0.3) is 0 Å². The number of amides is 1. The van der Waals surface area contributed by atoms with Gasteiger partial charge in [0.15, 0.2) is 0 Å². The van der Waals surface area contributed by atoms with Gasteiger partial charge in [-0.2, -0.15) is 0 Å². The Morgan fingerprint density at radius 3 is 2.21 bits per heavy atom. The smallest absolute Gasteiger partial charge is 0.407 e. The van der Waals surface area contributed by atoms with Gasteiger partial charge >= 0.3 is 6.09 Å². The molecule has 4 nitrogen and oxygen atoms in total. The van der Waals surface area contributed by atoms with Crippen molar-refractivity contribution in [2.45, 2.75) is 97.8 Å². The summed E-state index contributed by atoms with van der Waals surface area (Å²) < 4.78 is 5.44. The van der Waals surface area contributed by atoms with Crippen LogP contribution in [0.3, 0.4) is 0 Å². The van der Waals surface area contributed by atoms with Gasteiger partial charge < -0.3 is 15.4 Å². The summed E-state index contributed by atoms with van der Waals surface area (Å²) in [4.78, 5) is 12.1. The van der Waals surface area contributed by atoms with E-state index in [0.29, 0.717) is 23.3 Å². The van der Waals surface area contributed by atoms with Crippen molar-refractivity contribution in [2.75, 3.05) is 6.54 Å². The maximum Gasteiger partial charge on any atom is 0.407 e. The van der Waals surface area contributed by atoms with E-state index in [9.17, 15) is 4.79 Å². The molecule has 2 aliphatic carbocycles.